The minimum Gasteiger partial charge on any atom is -0.372 e. The molecule has 14 heavy (non-hydrogen) atoms. The second kappa shape index (κ2) is 4.78. The van der Waals surface area contributed by atoms with Gasteiger partial charge >= 0.3 is 0 Å². The van der Waals surface area contributed by atoms with Gasteiger partial charge in [0.25, 0.3) is 0 Å². The highest BCUT2D eigenvalue weighted by Crippen LogP contribution is 2.31. The second-order valence-corrected chi connectivity index (χ2v) is 3.25. The van der Waals surface area contributed by atoms with Gasteiger partial charge in [-0.1, -0.05) is 37.3 Å². The Bertz CT molecular complexity index is 309. The summed E-state index contributed by atoms with van der Waals surface area (Å²) in [5.41, 5.74) is 0.641. The van der Waals surface area contributed by atoms with Crippen LogP contribution in [-0.2, 0) is 10.3 Å². The van der Waals surface area contributed by atoms with Crippen LogP contribution in [0, 0.1) is 11.3 Å². The Morgan fingerprint density at radius 3 is 2.43 bits per heavy atom. The van der Waals surface area contributed by atoms with E-state index in [2.05, 4.69) is 6.07 Å². The number of rotatable bonds is 4. The van der Waals surface area contributed by atoms with Gasteiger partial charge < -0.3 is 4.74 Å². The van der Waals surface area contributed by atoms with Gasteiger partial charge in [0, 0.05) is 7.11 Å². The van der Waals surface area contributed by atoms with Crippen molar-refractivity contribution in [2.24, 2.45) is 0 Å². The first-order valence-electron chi connectivity index (χ1n) is 4.76. The van der Waals surface area contributed by atoms with Gasteiger partial charge in [-0.05, 0) is 12.0 Å². The molecule has 0 heterocycles. The molecule has 0 aromatic heterocycles. The third-order valence-electron chi connectivity index (χ3n) is 2.63. The third kappa shape index (κ3) is 1.94. The van der Waals surface area contributed by atoms with Crippen molar-refractivity contribution in [1.82, 2.24) is 0 Å². The fourth-order valence-electron chi connectivity index (χ4n) is 1.64. The van der Waals surface area contributed by atoms with Gasteiger partial charge in [0.15, 0.2) is 0 Å². The molecule has 0 bridgehead atoms. The Morgan fingerprint density at radius 1 is 1.36 bits per heavy atom. The van der Waals surface area contributed by atoms with Crippen LogP contribution in [0.2, 0.25) is 0 Å². The Balaban J connectivity index is 3.05. The lowest BCUT2D eigenvalue weighted by molar-refractivity contribution is -0.0144. The number of nitrogens with zero attached hydrogens (tertiary/aromatic N) is 1. The minimum atomic E-state index is -0.435. The first kappa shape index (κ1) is 10.7. The molecule has 0 radical (unpaired) electrons. The van der Waals surface area contributed by atoms with E-state index >= 15 is 0 Å². The maximum Gasteiger partial charge on any atom is 0.105 e. The van der Waals surface area contributed by atoms with Crippen molar-refractivity contribution in [2.45, 2.75) is 25.4 Å². The maximum atomic E-state index is 8.80. The molecule has 1 atom stereocenters. The third-order valence-corrected chi connectivity index (χ3v) is 2.63. The van der Waals surface area contributed by atoms with Crippen molar-refractivity contribution in [1.29, 1.82) is 5.26 Å². The fourth-order valence-corrected chi connectivity index (χ4v) is 1.64. The zero-order valence-electron chi connectivity index (χ0n) is 8.66. The van der Waals surface area contributed by atoms with Gasteiger partial charge in [0.05, 0.1) is 12.5 Å². The summed E-state index contributed by atoms with van der Waals surface area (Å²) in [5, 5.41) is 8.80. The van der Waals surface area contributed by atoms with Crippen LogP contribution in [0.3, 0.4) is 0 Å². The number of nitriles is 1. The van der Waals surface area contributed by atoms with Gasteiger partial charge in [0.2, 0.25) is 0 Å². The van der Waals surface area contributed by atoms with E-state index in [1.807, 2.05) is 37.3 Å². The summed E-state index contributed by atoms with van der Waals surface area (Å²) in [7, 11) is 1.66. The molecule has 0 aliphatic carbocycles. The largest absolute Gasteiger partial charge is 0.372 e. The SMILES string of the molecule is CCC(CC#N)(OC)c1ccccc1. The molecule has 74 valence electrons. The number of hydrogen-bond acceptors (Lipinski definition) is 2. The van der Waals surface area contributed by atoms with E-state index in [1.54, 1.807) is 7.11 Å². The molecule has 0 amide bonds. The normalized spacial score (nSPS) is 14.4. The molecule has 0 aliphatic heterocycles. The molecule has 0 aliphatic rings. The minimum absolute atomic E-state index is 0.393. The monoisotopic (exact) mass is 189 g/mol. The zero-order chi connectivity index (χ0) is 10.4. The predicted octanol–water partition coefficient (Wildman–Crippen LogP) is 2.85. The highest BCUT2D eigenvalue weighted by atomic mass is 16.5. The van der Waals surface area contributed by atoms with Crippen LogP contribution >= 0.6 is 0 Å². The second-order valence-electron chi connectivity index (χ2n) is 3.25. The molecule has 1 rings (SSSR count). The summed E-state index contributed by atoms with van der Waals surface area (Å²) in [6, 6.07) is 12.1. The summed E-state index contributed by atoms with van der Waals surface area (Å²) in [6.07, 6.45) is 1.20. The molecule has 0 N–H and O–H groups in total. The average molecular weight is 189 g/mol. The number of benzene rings is 1. The summed E-state index contributed by atoms with van der Waals surface area (Å²) in [5.74, 6) is 0. The van der Waals surface area contributed by atoms with Crippen molar-refractivity contribution in [3.05, 3.63) is 35.9 Å². The maximum absolute atomic E-state index is 8.80. The first-order valence-corrected chi connectivity index (χ1v) is 4.76. The molecular formula is C12H15NO. The van der Waals surface area contributed by atoms with Gasteiger partial charge in [-0.15, -0.1) is 0 Å². The molecule has 2 nitrogen and oxygen atoms in total. The van der Waals surface area contributed by atoms with Crippen molar-refractivity contribution in [3.63, 3.8) is 0 Å². The number of ether oxygens (including phenoxy) is 1. The Hall–Kier alpha value is -1.33. The standard InChI is InChI=1S/C12H15NO/c1-3-12(14-2,9-10-13)11-7-5-4-6-8-11/h4-8H,3,9H2,1-2H3. The molecule has 1 aromatic carbocycles. The van der Waals surface area contributed by atoms with E-state index in [0.717, 1.165) is 12.0 Å². The molecular weight excluding hydrogens is 174 g/mol. The van der Waals surface area contributed by atoms with E-state index in [0.29, 0.717) is 6.42 Å². The molecule has 1 unspecified atom stereocenters. The van der Waals surface area contributed by atoms with E-state index in [9.17, 15) is 0 Å². The molecule has 2 heteroatoms. The zero-order valence-corrected chi connectivity index (χ0v) is 8.66. The van der Waals surface area contributed by atoms with Gasteiger partial charge in [-0.3, -0.25) is 0 Å². The van der Waals surface area contributed by atoms with Crippen LogP contribution in [0.25, 0.3) is 0 Å². The molecule has 0 fully saturated rings. The van der Waals surface area contributed by atoms with Crippen molar-refractivity contribution in [2.75, 3.05) is 7.11 Å². The summed E-state index contributed by atoms with van der Waals surface area (Å²) >= 11 is 0. The molecule has 0 saturated carbocycles. The predicted molar refractivity (Wildman–Crippen MR) is 55.7 cm³/mol. The molecule has 0 spiro atoms. The van der Waals surface area contributed by atoms with Gasteiger partial charge in [-0.2, -0.15) is 5.26 Å². The van der Waals surface area contributed by atoms with E-state index in [4.69, 9.17) is 10.00 Å². The lowest BCUT2D eigenvalue weighted by Crippen LogP contribution is -2.26. The van der Waals surface area contributed by atoms with Crippen molar-refractivity contribution >= 4 is 0 Å². The lowest BCUT2D eigenvalue weighted by atomic mass is 9.88. The topological polar surface area (TPSA) is 33.0 Å². The van der Waals surface area contributed by atoms with Crippen molar-refractivity contribution in [3.8, 4) is 6.07 Å². The Morgan fingerprint density at radius 2 is 2.00 bits per heavy atom. The Kier molecular flexibility index (Phi) is 3.67. The highest BCUT2D eigenvalue weighted by molar-refractivity contribution is 5.23. The van der Waals surface area contributed by atoms with Crippen LogP contribution in [-0.4, -0.2) is 7.11 Å². The van der Waals surface area contributed by atoms with Crippen LogP contribution in [0.15, 0.2) is 30.3 Å². The Labute approximate surface area is 85.1 Å². The van der Waals surface area contributed by atoms with Crippen LogP contribution < -0.4 is 0 Å². The summed E-state index contributed by atoms with van der Waals surface area (Å²) < 4.78 is 5.49. The lowest BCUT2D eigenvalue weighted by Gasteiger charge is -2.29. The van der Waals surface area contributed by atoms with Gasteiger partial charge in [0.1, 0.15) is 5.60 Å². The van der Waals surface area contributed by atoms with Crippen LogP contribution in [0.1, 0.15) is 25.3 Å². The first-order chi connectivity index (χ1) is 6.79. The highest BCUT2D eigenvalue weighted by Gasteiger charge is 2.29. The molecule has 0 saturated heterocycles. The van der Waals surface area contributed by atoms with E-state index < -0.39 is 5.60 Å². The number of methoxy groups -OCH3 is 1. The quantitative estimate of drug-likeness (QED) is 0.729. The molecule has 1 aromatic rings. The smallest absolute Gasteiger partial charge is 0.105 e. The fraction of sp³-hybridized carbons (Fsp3) is 0.417. The van der Waals surface area contributed by atoms with E-state index in [1.165, 1.54) is 0 Å². The summed E-state index contributed by atoms with van der Waals surface area (Å²) in [4.78, 5) is 0. The van der Waals surface area contributed by atoms with Gasteiger partial charge in [-0.25, -0.2) is 0 Å². The van der Waals surface area contributed by atoms with Crippen LogP contribution in [0.5, 0.6) is 0 Å². The average Bonchev–Trinajstić information content (AvgIpc) is 2.27. The van der Waals surface area contributed by atoms with E-state index in [-0.39, 0.29) is 0 Å². The number of hydrogen-bond donors (Lipinski definition) is 0. The van der Waals surface area contributed by atoms with Crippen molar-refractivity contribution < 1.29 is 4.74 Å². The van der Waals surface area contributed by atoms with Crippen LogP contribution in [0.4, 0.5) is 0 Å². The summed E-state index contributed by atoms with van der Waals surface area (Å²) in [6.45, 7) is 2.04.